The van der Waals surface area contributed by atoms with Crippen molar-refractivity contribution in [3.8, 4) is 11.5 Å². The van der Waals surface area contributed by atoms with Crippen LogP contribution in [0.5, 0.6) is 11.5 Å². The highest BCUT2D eigenvalue weighted by Gasteiger charge is 2.44. The van der Waals surface area contributed by atoms with Crippen LogP contribution >= 0.6 is 11.6 Å². The second kappa shape index (κ2) is 12.6. The smallest absolute Gasteiger partial charge is 0.326 e. The number of urea groups is 1. The quantitative estimate of drug-likeness (QED) is 0.380. The van der Waals surface area contributed by atoms with Crippen LogP contribution in [0.15, 0.2) is 47.5 Å². The topological polar surface area (TPSA) is 57.6 Å². The number of hydrogen-bond donors (Lipinski definition) is 0. The Bertz CT molecular complexity index is 1160. The number of hydrogen-bond acceptors (Lipinski definition) is 5. The molecular formula is C31H41ClN4O3. The second-order valence-corrected chi connectivity index (χ2v) is 11.2. The fraction of sp³-hybridized carbons (Fsp3) is 0.548. The molecule has 0 bridgehead atoms. The lowest BCUT2D eigenvalue weighted by molar-refractivity contribution is 0.117. The summed E-state index contributed by atoms with van der Waals surface area (Å²) in [6.45, 7) is 8.54. The van der Waals surface area contributed by atoms with E-state index in [9.17, 15) is 4.79 Å². The molecule has 0 unspecified atom stereocenters. The maximum absolute atomic E-state index is 14.5. The number of amides is 2. The van der Waals surface area contributed by atoms with Gasteiger partial charge in [0, 0.05) is 30.2 Å². The Balaban J connectivity index is 1.51. The fourth-order valence-corrected chi connectivity index (χ4v) is 6.45. The van der Waals surface area contributed by atoms with Crippen molar-refractivity contribution < 1.29 is 14.3 Å². The zero-order valence-corrected chi connectivity index (χ0v) is 24.2. The van der Waals surface area contributed by atoms with E-state index >= 15 is 0 Å². The van der Waals surface area contributed by atoms with Gasteiger partial charge in [0.15, 0.2) is 0 Å². The Morgan fingerprint density at radius 3 is 2.38 bits per heavy atom. The SMILES string of the molecule is CCC[C@H]1N=C(c2ccc(OC)cc2OCC)N(C(=O)N2CCC(N3CCCC3)CC2)[C@H]1c1ccc(Cl)cc1. The molecule has 2 saturated heterocycles. The summed E-state index contributed by atoms with van der Waals surface area (Å²) in [5.41, 5.74) is 1.86. The summed E-state index contributed by atoms with van der Waals surface area (Å²) < 4.78 is 11.5. The molecule has 2 amide bonds. The van der Waals surface area contributed by atoms with Crippen LogP contribution in [0.1, 0.15) is 69.5 Å². The summed E-state index contributed by atoms with van der Waals surface area (Å²) in [5.74, 6) is 2.06. The zero-order valence-electron chi connectivity index (χ0n) is 23.4. The van der Waals surface area contributed by atoms with Gasteiger partial charge in [0.25, 0.3) is 0 Å². The maximum Gasteiger partial charge on any atom is 0.326 e. The number of aliphatic imine (C=N–C) groups is 1. The van der Waals surface area contributed by atoms with Crippen LogP contribution in [0.4, 0.5) is 4.79 Å². The molecule has 8 heteroatoms. The largest absolute Gasteiger partial charge is 0.497 e. The second-order valence-electron chi connectivity index (χ2n) is 10.7. The molecule has 2 aromatic rings. The number of halogens is 1. The van der Waals surface area contributed by atoms with Crippen LogP contribution in [-0.2, 0) is 0 Å². The van der Waals surface area contributed by atoms with Gasteiger partial charge in [-0.3, -0.25) is 9.89 Å². The van der Waals surface area contributed by atoms with E-state index < -0.39 is 0 Å². The lowest BCUT2D eigenvalue weighted by atomic mass is 9.96. The average molecular weight is 553 g/mol. The predicted molar refractivity (Wildman–Crippen MR) is 156 cm³/mol. The van der Waals surface area contributed by atoms with Gasteiger partial charge >= 0.3 is 6.03 Å². The lowest BCUT2D eigenvalue weighted by Crippen LogP contribution is -2.52. The van der Waals surface area contributed by atoms with Crippen LogP contribution < -0.4 is 9.47 Å². The van der Waals surface area contributed by atoms with Crippen molar-refractivity contribution in [2.45, 2.75) is 70.5 Å². The van der Waals surface area contributed by atoms with Gasteiger partial charge in [-0.2, -0.15) is 0 Å². The molecule has 3 aliphatic heterocycles. The standard InChI is InChI=1S/C31H41ClN4O3/c1-4-8-27-29(22-9-11-23(32)12-10-22)36(30(33-27)26-14-13-25(38-3)21-28(26)39-5-2)31(37)35-19-15-24(16-20-35)34-17-6-7-18-34/h9-14,21,24,27,29H,4-8,15-20H2,1-3H3/t27-,29+/m1/s1. The van der Waals surface area contributed by atoms with Crippen molar-refractivity contribution in [1.29, 1.82) is 0 Å². The van der Waals surface area contributed by atoms with Crippen molar-refractivity contribution in [3.63, 3.8) is 0 Å². The Morgan fingerprint density at radius 1 is 1.03 bits per heavy atom. The number of carbonyl (C=O) groups is 1. The summed E-state index contributed by atoms with van der Waals surface area (Å²) >= 11 is 6.26. The number of amidine groups is 1. The predicted octanol–water partition coefficient (Wildman–Crippen LogP) is 6.40. The Labute approximate surface area is 237 Å². The van der Waals surface area contributed by atoms with Crippen molar-refractivity contribution >= 4 is 23.5 Å². The molecule has 2 fully saturated rings. The van der Waals surface area contributed by atoms with E-state index in [4.69, 9.17) is 26.1 Å². The molecule has 7 nitrogen and oxygen atoms in total. The summed E-state index contributed by atoms with van der Waals surface area (Å²) in [6, 6.07) is 14.0. The van der Waals surface area contributed by atoms with Crippen LogP contribution in [0.3, 0.4) is 0 Å². The van der Waals surface area contributed by atoms with Gasteiger partial charge in [-0.25, -0.2) is 4.79 Å². The zero-order chi connectivity index (χ0) is 27.4. The lowest BCUT2D eigenvalue weighted by Gasteiger charge is -2.40. The van der Waals surface area contributed by atoms with Crippen molar-refractivity contribution in [1.82, 2.24) is 14.7 Å². The molecule has 2 atom stereocenters. The molecule has 5 rings (SSSR count). The third-order valence-corrected chi connectivity index (χ3v) is 8.53. The van der Waals surface area contributed by atoms with E-state index in [-0.39, 0.29) is 18.1 Å². The van der Waals surface area contributed by atoms with E-state index in [1.54, 1.807) is 7.11 Å². The van der Waals surface area contributed by atoms with E-state index in [1.807, 2.05) is 59.2 Å². The third kappa shape index (κ3) is 5.90. The van der Waals surface area contributed by atoms with Gasteiger partial charge in [0.05, 0.1) is 31.4 Å². The monoisotopic (exact) mass is 552 g/mol. The first-order chi connectivity index (χ1) is 19.0. The molecule has 210 valence electrons. The molecule has 0 spiro atoms. The Kier molecular flexibility index (Phi) is 8.98. The molecular weight excluding hydrogens is 512 g/mol. The van der Waals surface area contributed by atoms with E-state index in [0.717, 1.165) is 49.9 Å². The molecule has 0 N–H and O–H groups in total. The molecule has 0 saturated carbocycles. The number of likely N-dealkylation sites (tertiary alicyclic amines) is 2. The fourth-order valence-electron chi connectivity index (χ4n) is 6.32. The first kappa shape index (κ1) is 27.8. The number of methoxy groups -OCH3 is 1. The summed E-state index contributed by atoms with van der Waals surface area (Å²) in [7, 11) is 1.65. The number of piperidine rings is 1. The Morgan fingerprint density at radius 2 is 1.74 bits per heavy atom. The van der Waals surface area contributed by atoms with Gasteiger partial charge in [-0.05, 0) is 81.9 Å². The molecule has 3 aliphatic rings. The summed E-state index contributed by atoms with van der Waals surface area (Å²) in [4.78, 5) is 26.3. The van der Waals surface area contributed by atoms with Crippen LogP contribution in [-0.4, -0.2) is 78.5 Å². The van der Waals surface area contributed by atoms with Gasteiger partial charge in [-0.1, -0.05) is 37.1 Å². The number of benzene rings is 2. The van der Waals surface area contributed by atoms with Gasteiger partial charge in [0.1, 0.15) is 17.3 Å². The molecule has 0 aliphatic carbocycles. The highest BCUT2D eigenvalue weighted by Crippen LogP contribution is 2.40. The van der Waals surface area contributed by atoms with E-state index in [1.165, 1.54) is 25.9 Å². The van der Waals surface area contributed by atoms with Crippen LogP contribution in [0.2, 0.25) is 5.02 Å². The summed E-state index contributed by atoms with van der Waals surface area (Å²) in [5, 5.41) is 0.681. The van der Waals surface area contributed by atoms with Crippen LogP contribution in [0.25, 0.3) is 0 Å². The molecule has 39 heavy (non-hydrogen) atoms. The van der Waals surface area contributed by atoms with Gasteiger partial charge < -0.3 is 19.3 Å². The van der Waals surface area contributed by atoms with Gasteiger partial charge in [0.2, 0.25) is 0 Å². The average Bonchev–Trinajstić information content (AvgIpc) is 3.63. The van der Waals surface area contributed by atoms with E-state index in [0.29, 0.717) is 35.0 Å². The minimum absolute atomic E-state index is 0.0189. The first-order valence-corrected chi connectivity index (χ1v) is 14.9. The first-order valence-electron chi connectivity index (χ1n) is 14.5. The van der Waals surface area contributed by atoms with E-state index in [2.05, 4.69) is 11.8 Å². The van der Waals surface area contributed by atoms with Crippen LogP contribution in [0, 0.1) is 0 Å². The summed E-state index contributed by atoms with van der Waals surface area (Å²) in [6.07, 6.45) is 6.45. The number of rotatable bonds is 8. The van der Waals surface area contributed by atoms with Gasteiger partial charge in [-0.15, -0.1) is 0 Å². The maximum atomic E-state index is 14.5. The number of carbonyl (C=O) groups excluding carboxylic acids is 1. The minimum Gasteiger partial charge on any atom is -0.497 e. The van der Waals surface area contributed by atoms with Crippen molar-refractivity contribution in [2.24, 2.45) is 4.99 Å². The third-order valence-electron chi connectivity index (χ3n) is 8.28. The molecule has 2 aromatic carbocycles. The van der Waals surface area contributed by atoms with Crippen molar-refractivity contribution in [2.75, 3.05) is 39.9 Å². The number of ether oxygens (including phenoxy) is 2. The number of nitrogens with zero attached hydrogens (tertiary/aromatic N) is 4. The Hall–Kier alpha value is -2.77. The highest BCUT2D eigenvalue weighted by atomic mass is 35.5. The normalized spacial score (nSPS) is 22.3. The molecule has 0 radical (unpaired) electrons. The van der Waals surface area contributed by atoms with Crippen molar-refractivity contribution in [3.05, 3.63) is 58.6 Å². The minimum atomic E-state index is -0.211. The molecule has 3 heterocycles. The highest BCUT2D eigenvalue weighted by molar-refractivity contribution is 6.30. The molecule has 0 aromatic heterocycles.